The molecule has 0 saturated heterocycles. The van der Waals surface area contributed by atoms with Gasteiger partial charge in [0.1, 0.15) is 24.0 Å². The van der Waals surface area contributed by atoms with Crippen LogP contribution in [0.4, 0.5) is 5.69 Å². The van der Waals surface area contributed by atoms with Crippen molar-refractivity contribution in [1.29, 1.82) is 5.26 Å². The number of hydrogen-bond donors (Lipinski definition) is 0. The van der Waals surface area contributed by atoms with Crippen molar-refractivity contribution in [2.45, 2.75) is 33.4 Å². The van der Waals surface area contributed by atoms with Crippen LogP contribution in [0.2, 0.25) is 0 Å². The van der Waals surface area contributed by atoms with Crippen molar-refractivity contribution in [2.24, 2.45) is 0 Å². The monoisotopic (exact) mass is 252 g/mol. The van der Waals surface area contributed by atoms with Gasteiger partial charge in [0, 0.05) is 0 Å². The van der Waals surface area contributed by atoms with Gasteiger partial charge in [-0.15, -0.1) is 0 Å². The molecule has 0 aliphatic carbocycles. The highest BCUT2D eigenvalue weighted by Crippen LogP contribution is 2.21. The van der Waals surface area contributed by atoms with Crippen LogP contribution in [0.5, 0.6) is 0 Å². The van der Waals surface area contributed by atoms with E-state index in [9.17, 15) is 14.9 Å². The smallest absolute Gasteiger partial charge is 0.329 e. The number of nitro groups is 1. The normalized spacial score (nSPS) is 11.7. The Kier molecular flexibility index (Phi) is 3.99. The molecule has 96 valence electrons. The number of aryl methyl sites for hydroxylation is 1. The van der Waals surface area contributed by atoms with Gasteiger partial charge < -0.3 is 4.74 Å². The summed E-state index contributed by atoms with van der Waals surface area (Å²) in [6.45, 7) is 4.16. The molecule has 0 unspecified atom stereocenters. The van der Waals surface area contributed by atoms with Crippen LogP contribution in [0.15, 0.2) is 0 Å². The third-order valence-corrected chi connectivity index (χ3v) is 2.29. The highest BCUT2D eigenvalue weighted by atomic mass is 16.6. The van der Waals surface area contributed by atoms with Gasteiger partial charge in [-0.3, -0.25) is 19.6 Å². The summed E-state index contributed by atoms with van der Waals surface area (Å²) < 4.78 is 5.93. The Bertz CT molecular complexity index is 529. The summed E-state index contributed by atoms with van der Waals surface area (Å²) in [7, 11) is 0. The maximum atomic E-state index is 11.4. The molecule has 1 rings (SSSR count). The number of carbonyl (C=O) groups is 1. The molecule has 8 nitrogen and oxygen atoms in total. The summed E-state index contributed by atoms with van der Waals surface area (Å²) in [6.07, 6.45) is -0.857. The van der Waals surface area contributed by atoms with Crippen molar-refractivity contribution < 1.29 is 14.5 Å². The quantitative estimate of drug-likeness (QED) is 0.446. The lowest BCUT2D eigenvalue weighted by Gasteiger charge is -2.06. The fourth-order valence-electron chi connectivity index (χ4n) is 1.49. The zero-order valence-electron chi connectivity index (χ0n) is 10.2. The van der Waals surface area contributed by atoms with Crippen molar-refractivity contribution in [3.8, 4) is 6.07 Å². The second-order valence-electron chi connectivity index (χ2n) is 3.70. The zero-order chi connectivity index (χ0) is 13.9. The van der Waals surface area contributed by atoms with Gasteiger partial charge in [0.25, 0.3) is 0 Å². The molecule has 18 heavy (non-hydrogen) atoms. The van der Waals surface area contributed by atoms with Gasteiger partial charge in [-0.05, 0) is 20.8 Å². The third kappa shape index (κ3) is 2.82. The average Bonchev–Trinajstić information content (AvgIpc) is 2.53. The summed E-state index contributed by atoms with van der Waals surface area (Å²) in [4.78, 5) is 21.6. The van der Waals surface area contributed by atoms with Gasteiger partial charge >= 0.3 is 11.7 Å². The van der Waals surface area contributed by atoms with Crippen LogP contribution in [0.3, 0.4) is 0 Å². The molecule has 1 atom stereocenters. The maximum Gasteiger partial charge on any atom is 0.329 e. The maximum absolute atomic E-state index is 11.4. The molecule has 1 aromatic heterocycles. The van der Waals surface area contributed by atoms with Gasteiger partial charge in [0.05, 0.1) is 4.92 Å². The summed E-state index contributed by atoms with van der Waals surface area (Å²) >= 11 is 0. The molecule has 0 aliphatic rings. The zero-order valence-corrected chi connectivity index (χ0v) is 10.2. The van der Waals surface area contributed by atoms with Crippen LogP contribution < -0.4 is 0 Å². The summed E-state index contributed by atoms with van der Waals surface area (Å²) in [5.74, 6) is -0.662. The van der Waals surface area contributed by atoms with Gasteiger partial charge in [0.2, 0.25) is 0 Å². The van der Waals surface area contributed by atoms with Crippen molar-refractivity contribution in [2.75, 3.05) is 0 Å². The molecule has 1 heterocycles. The van der Waals surface area contributed by atoms with Gasteiger partial charge in [-0.2, -0.15) is 10.4 Å². The molecule has 1 aromatic rings. The molecule has 0 aromatic carbocycles. The van der Waals surface area contributed by atoms with E-state index >= 15 is 0 Å². The van der Waals surface area contributed by atoms with E-state index in [0.29, 0.717) is 0 Å². The minimum atomic E-state index is -0.857. The van der Waals surface area contributed by atoms with E-state index in [2.05, 4.69) is 5.10 Å². The lowest BCUT2D eigenvalue weighted by molar-refractivity contribution is -0.386. The van der Waals surface area contributed by atoms with E-state index in [1.54, 1.807) is 6.07 Å². The predicted octanol–water partition coefficient (Wildman–Crippen LogP) is 0.863. The predicted molar refractivity (Wildman–Crippen MR) is 59.5 cm³/mol. The minimum Gasteiger partial charge on any atom is -0.446 e. The number of ether oxygens (including phenoxy) is 1. The van der Waals surface area contributed by atoms with Crippen LogP contribution in [-0.4, -0.2) is 26.8 Å². The number of aromatic nitrogens is 2. The number of rotatable bonds is 4. The highest BCUT2D eigenvalue weighted by molar-refractivity contribution is 5.69. The topological polar surface area (TPSA) is 111 Å². The Morgan fingerprint density at radius 3 is 2.72 bits per heavy atom. The van der Waals surface area contributed by atoms with E-state index in [1.165, 1.54) is 25.5 Å². The lowest BCUT2D eigenvalue weighted by atomic mass is 10.3. The first kappa shape index (κ1) is 13.6. The number of nitrogens with zero attached hydrogens (tertiary/aromatic N) is 4. The molecule has 0 bridgehead atoms. The standard InChI is InChI=1S/C10H12N4O4/c1-6(4-11)18-9(15)5-13-8(3)10(14(16)17)7(2)12-13/h6H,5H2,1-3H3/t6-/m1/s1. The van der Waals surface area contributed by atoms with E-state index in [-0.39, 0.29) is 23.6 Å². The number of esters is 1. The van der Waals surface area contributed by atoms with E-state index in [1.807, 2.05) is 0 Å². The van der Waals surface area contributed by atoms with Crippen molar-refractivity contribution in [3.63, 3.8) is 0 Å². The Labute approximate surface area is 103 Å². The molecule has 0 radical (unpaired) electrons. The second-order valence-corrected chi connectivity index (χ2v) is 3.70. The Morgan fingerprint density at radius 2 is 2.28 bits per heavy atom. The fourth-order valence-corrected chi connectivity index (χ4v) is 1.49. The number of carbonyl (C=O) groups excluding carboxylic acids is 1. The second kappa shape index (κ2) is 5.27. The Balaban J connectivity index is 2.87. The number of hydrogen-bond acceptors (Lipinski definition) is 6. The Morgan fingerprint density at radius 1 is 1.67 bits per heavy atom. The van der Waals surface area contributed by atoms with Gasteiger partial charge in [0.15, 0.2) is 6.10 Å². The fraction of sp³-hybridized carbons (Fsp3) is 0.500. The first-order valence-electron chi connectivity index (χ1n) is 5.14. The van der Waals surface area contributed by atoms with Crippen molar-refractivity contribution in [1.82, 2.24) is 9.78 Å². The van der Waals surface area contributed by atoms with Gasteiger partial charge in [-0.25, -0.2) is 0 Å². The molecule has 0 amide bonds. The summed E-state index contributed by atoms with van der Waals surface area (Å²) in [5.41, 5.74) is 0.397. The molecule has 0 saturated carbocycles. The van der Waals surface area contributed by atoms with E-state index in [4.69, 9.17) is 10.00 Å². The molecule has 0 aliphatic heterocycles. The SMILES string of the molecule is Cc1nn(CC(=O)O[C@H](C)C#N)c(C)c1[N+](=O)[O-]. The highest BCUT2D eigenvalue weighted by Gasteiger charge is 2.23. The average molecular weight is 252 g/mol. The van der Waals surface area contributed by atoms with Crippen LogP contribution in [0, 0.1) is 35.3 Å². The largest absolute Gasteiger partial charge is 0.446 e. The van der Waals surface area contributed by atoms with Crippen LogP contribution in [0.25, 0.3) is 0 Å². The summed E-state index contributed by atoms with van der Waals surface area (Å²) in [6, 6.07) is 1.75. The first-order valence-corrected chi connectivity index (χ1v) is 5.14. The van der Waals surface area contributed by atoms with E-state index in [0.717, 1.165) is 0 Å². The molecule has 0 spiro atoms. The van der Waals surface area contributed by atoms with E-state index < -0.39 is 17.0 Å². The molecule has 0 N–H and O–H groups in total. The van der Waals surface area contributed by atoms with Gasteiger partial charge in [-0.1, -0.05) is 0 Å². The van der Waals surface area contributed by atoms with Crippen LogP contribution in [-0.2, 0) is 16.1 Å². The third-order valence-electron chi connectivity index (χ3n) is 2.29. The lowest BCUT2D eigenvalue weighted by Crippen LogP contribution is -2.19. The van der Waals surface area contributed by atoms with Crippen LogP contribution in [0.1, 0.15) is 18.3 Å². The summed E-state index contributed by atoms with van der Waals surface area (Å²) in [5, 5.41) is 23.1. The molecular formula is C10H12N4O4. The Hall–Kier alpha value is -2.43. The molecular weight excluding hydrogens is 240 g/mol. The minimum absolute atomic E-state index is 0.115. The molecule has 8 heteroatoms. The van der Waals surface area contributed by atoms with Crippen molar-refractivity contribution in [3.05, 3.63) is 21.5 Å². The van der Waals surface area contributed by atoms with Crippen molar-refractivity contribution >= 4 is 11.7 Å². The molecule has 0 fully saturated rings. The van der Waals surface area contributed by atoms with Crippen LogP contribution >= 0.6 is 0 Å². The first-order chi connectivity index (χ1) is 8.36. The number of nitriles is 1.